The zero-order valence-corrected chi connectivity index (χ0v) is 10.6. The summed E-state index contributed by atoms with van der Waals surface area (Å²) in [5.41, 5.74) is 0. The molecule has 0 spiro atoms. The lowest BCUT2D eigenvalue weighted by Crippen LogP contribution is -2.39. The van der Waals surface area contributed by atoms with Crippen molar-refractivity contribution in [3.05, 3.63) is 12.4 Å². The van der Waals surface area contributed by atoms with E-state index in [4.69, 9.17) is 4.74 Å². The molecule has 1 atom stereocenters. The van der Waals surface area contributed by atoms with Gasteiger partial charge in [-0.1, -0.05) is 0 Å². The molecule has 1 amide bonds. The van der Waals surface area contributed by atoms with E-state index >= 15 is 0 Å². The Labute approximate surface area is 101 Å². The van der Waals surface area contributed by atoms with Gasteiger partial charge in [-0.25, -0.2) is 4.98 Å². The van der Waals surface area contributed by atoms with Gasteiger partial charge in [0.1, 0.15) is 6.04 Å². The van der Waals surface area contributed by atoms with Crippen molar-refractivity contribution in [2.45, 2.75) is 26.4 Å². The third kappa shape index (κ3) is 4.07. The summed E-state index contributed by atoms with van der Waals surface area (Å²) >= 11 is 0. The highest BCUT2D eigenvalue weighted by Crippen LogP contribution is 2.05. The van der Waals surface area contributed by atoms with Crippen molar-refractivity contribution >= 4 is 11.9 Å². The van der Waals surface area contributed by atoms with E-state index in [1.807, 2.05) is 17.7 Å². The van der Waals surface area contributed by atoms with E-state index in [-0.39, 0.29) is 11.9 Å². The van der Waals surface area contributed by atoms with Crippen molar-refractivity contribution in [2.75, 3.05) is 25.6 Å². The van der Waals surface area contributed by atoms with Gasteiger partial charge in [0.25, 0.3) is 0 Å². The number of aromatic nitrogens is 2. The van der Waals surface area contributed by atoms with Crippen LogP contribution in [0, 0.1) is 0 Å². The summed E-state index contributed by atoms with van der Waals surface area (Å²) in [6.07, 6.45) is 3.58. The van der Waals surface area contributed by atoms with Gasteiger partial charge in [-0.15, -0.1) is 0 Å². The Bertz CT molecular complexity index is 351. The van der Waals surface area contributed by atoms with E-state index in [2.05, 4.69) is 15.6 Å². The number of imidazole rings is 1. The van der Waals surface area contributed by atoms with Crippen LogP contribution in [0.3, 0.4) is 0 Å². The first kappa shape index (κ1) is 13.5. The Hall–Kier alpha value is -1.56. The van der Waals surface area contributed by atoms with Crippen LogP contribution in [-0.2, 0) is 16.1 Å². The Morgan fingerprint density at radius 3 is 3.06 bits per heavy atom. The first-order valence-corrected chi connectivity index (χ1v) is 5.73. The maximum absolute atomic E-state index is 11.7. The first-order chi connectivity index (χ1) is 8.19. The Morgan fingerprint density at radius 2 is 2.41 bits per heavy atom. The number of hydrogen-bond donors (Lipinski definition) is 2. The van der Waals surface area contributed by atoms with Gasteiger partial charge in [0, 0.05) is 32.6 Å². The van der Waals surface area contributed by atoms with E-state index in [0.29, 0.717) is 19.1 Å². The number of aryl methyl sites for hydroxylation is 1. The van der Waals surface area contributed by atoms with E-state index in [1.54, 1.807) is 20.2 Å². The fourth-order valence-electron chi connectivity index (χ4n) is 1.39. The summed E-state index contributed by atoms with van der Waals surface area (Å²) in [6, 6.07) is -0.320. The molecule has 0 fully saturated rings. The minimum Gasteiger partial charge on any atom is -0.383 e. The number of nitrogens with zero attached hydrogens (tertiary/aromatic N) is 2. The standard InChI is InChI=1S/C11H20N4O2/c1-4-15-7-5-13-11(15)14-9(2)10(16)12-6-8-17-3/h5,7,9H,4,6,8H2,1-3H3,(H,12,16)(H,13,14). The summed E-state index contributed by atoms with van der Waals surface area (Å²) < 4.78 is 6.81. The molecule has 6 heteroatoms. The number of carbonyl (C=O) groups excluding carboxylic acids is 1. The summed E-state index contributed by atoms with van der Waals surface area (Å²) in [7, 11) is 1.60. The normalized spacial score (nSPS) is 12.2. The van der Waals surface area contributed by atoms with Gasteiger partial charge in [-0.05, 0) is 13.8 Å². The minimum atomic E-state index is -0.320. The lowest BCUT2D eigenvalue weighted by Gasteiger charge is -2.15. The second-order valence-electron chi connectivity index (χ2n) is 3.69. The molecule has 0 aliphatic heterocycles. The van der Waals surface area contributed by atoms with Gasteiger partial charge in [0.2, 0.25) is 11.9 Å². The zero-order chi connectivity index (χ0) is 12.7. The molecule has 0 radical (unpaired) electrons. The van der Waals surface area contributed by atoms with Crippen LogP contribution in [0.1, 0.15) is 13.8 Å². The molecule has 1 heterocycles. The highest BCUT2D eigenvalue weighted by Gasteiger charge is 2.13. The van der Waals surface area contributed by atoms with Crippen molar-refractivity contribution in [2.24, 2.45) is 0 Å². The van der Waals surface area contributed by atoms with Crippen molar-refractivity contribution < 1.29 is 9.53 Å². The van der Waals surface area contributed by atoms with Gasteiger partial charge in [0.05, 0.1) is 6.61 Å². The molecule has 0 saturated carbocycles. The van der Waals surface area contributed by atoms with Gasteiger partial charge in [-0.2, -0.15) is 0 Å². The number of methoxy groups -OCH3 is 1. The molecule has 1 rings (SSSR count). The second-order valence-corrected chi connectivity index (χ2v) is 3.69. The number of nitrogens with one attached hydrogen (secondary N) is 2. The Kier molecular flexibility index (Phi) is 5.48. The van der Waals surface area contributed by atoms with Gasteiger partial charge in [-0.3, -0.25) is 4.79 Å². The Morgan fingerprint density at radius 1 is 1.65 bits per heavy atom. The van der Waals surface area contributed by atoms with Crippen molar-refractivity contribution in [1.29, 1.82) is 0 Å². The lowest BCUT2D eigenvalue weighted by atomic mass is 10.3. The molecule has 6 nitrogen and oxygen atoms in total. The molecule has 0 aliphatic carbocycles. The molecular formula is C11H20N4O2. The Balaban J connectivity index is 2.42. The molecule has 1 aromatic rings. The van der Waals surface area contributed by atoms with Crippen LogP contribution < -0.4 is 10.6 Å². The zero-order valence-electron chi connectivity index (χ0n) is 10.6. The molecule has 0 bridgehead atoms. The number of amides is 1. The fourth-order valence-corrected chi connectivity index (χ4v) is 1.39. The smallest absolute Gasteiger partial charge is 0.242 e. The average molecular weight is 240 g/mol. The van der Waals surface area contributed by atoms with E-state index in [9.17, 15) is 4.79 Å². The van der Waals surface area contributed by atoms with Gasteiger partial charge < -0.3 is 19.9 Å². The fraction of sp³-hybridized carbons (Fsp3) is 0.636. The molecule has 1 aromatic heterocycles. The minimum absolute atomic E-state index is 0.0623. The van der Waals surface area contributed by atoms with Crippen LogP contribution in [0.5, 0.6) is 0 Å². The van der Waals surface area contributed by atoms with Gasteiger partial charge >= 0.3 is 0 Å². The molecule has 0 aromatic carbocycles. The quantitative estimate of drug-likeness (QED) is 0.680. The van der Waals surface area contributed by atoms with E-state index in [0.717, 1.165) is 6.54 Å². The second kappa shape index (κ2) is 6.90. The number of hydrogen-bond acceptors (Lipinski definition) is 4. The van der Waals surface area contributed by atoms with Crippen LogP contribution in [0.4, 0.5) is 5.95 Å². The van der Waals surface area contributed by atoms with Crippen LogP contribution in [0.2, 0.25) is 0 Å². The first-order valence-electron chi connectivity index (χ1n) is 5.73. The highest BCUT2D eigenvalue weighted by atomic mass is 16.5. The van der Waals surface area contributed by atoms with E-state index in [1.165, 1.54) is 0 Å². The van der Waals surface area contributed by atoms with Gasteiger partial charge in [0.15, 0.2) is 0 Å². The SMILES string of the molecule is CCn1ccnc1NC(C)C(=O)NCCOC. The van der Waals surface area contributed by atoms with Crippen LogP contribution in [0.15, 0.2) is 12.4 Å². The van der Waals surface area contributed by atoms with Crippen molar-refractivity contribution in [3.63, 3.8) is 0 Å². The van der Waals surface area contributed by atoms with Crippen LogP contribution >= 0.6 is 0 Å². The van der Waals surface area contributed by atoms with Crippen molar-refractivity contribution in [3.8, 4) is 0 Å². The molecular weight excluding hydrogens is 220 g/mol. The monoisotopic (exact) mass is 240 g/mol. The molecule has 0 saturated heterocycles. The molecule has 96 valence electrons. The van der Waals surface area contributed by atoms with Crippen molar-refractivity contribution in [1.82, 2.24) is 14.9 Å². The molecule has 2 N–H and O–H groups in total. The number of anilines is 1. The molecule has 1 unspecified atom stereocenters. The number of rotatable bonds is 7. The third-order valence-corrected chi connectivity index (χ3v) is 2.40. The predicted octanol–water partition coefficient (Wildman–Crippen LogP) is 0.466. The molecule has 0 aliphatic rings. The van der Waals surface area contributed by atoms with Crippen LogP contribution in [-0.4, -0.2) is 41.8 Å². The maximum Gasteiger partial charge on any atom is 0.242 e. The highest BCUT2D eigenvalue weighted by molar-refractivity contribution is 5.83. The summed E-state index contributed by atoms with van der Waals surface area (Å²) in [5, 5.41) is 5.84. The third-order valence-electron chi connectivity index (χ3n) is 2.40. The number of ether oxygens (including phenoxy) is 1. The topological polar surface area (TPSA) is 68.2 Å². The lowest BCUT2D eigenvalue weighted by molar-refractivity contribution is -0.121. The number of carbonyl (C=O) groups is 1. The molecule has 17 heavy (non-hydrogen) atoms. The maximum atomic E-state index is 11.7. The summed E-state index contributed by atoms with van der Waals surface area (Å²) in [5.74, 6) is 0.648. The van der Waals surface area contributed by atoms with E-state index < -0.39 is 0 Å². The van der Waals surface area contributed by atoms with Crippen LogP contribution in [0.25, 0.3) is 0 Å². The summed E-state index contributed by atoms with van der Waals surface area (Å²) in [4.78, 5) is 15.8. The summed E-state index contributed by atoms with van der Waals surface area (Å²) in [6.45, 7) is 5.68. The largest absolute Gasteiger partial charge is 0.383 e. The predicted molar refractivity (Wildman–Crippen MR) is 65.9 cm³/mol. The average Bonchev–Trinajstić information content (AvgIpc) is 2.76.